The molecule has 9 aromatic carbocycles. The highest BCUT2D eigenvalue weighted by molar-refractivity contribution is 5.88. The van der Waals surface area contributed by atoms with Crippen molar-refractivity contribution in [3.8, 4) is 22.3 Å². The van der Waals surface area contributed by atoms with Crippen LogP contribution in [0.2, 0.25) is 0 Å². The third-order valence-corrected chi connectivity index (χ3v) is 12.2. The lowest BCUT2D eigenvalue weighted by molar-refractivity contribution is 0.654. The van der Waals surface area contributed by atoms with Crippen LogP contribution in [0.3, 0.4) is 0 Å². The Balaban J connectivity index is 1.11. The van der Waals surface area contributed by atoms with Crippen molar-refractivity contribution in [1.29, 1.82) is 0 Å². The molecule has 0 unspecified atom stereocenters. The zero-order valence-electron chi connectivity index (χ0n) is 32.3. The minimum absolute atomic E-state index is 0.120. The number of para-hydroxylation sites is 1. The zero-order valence-corrected chi connectivity index (χ0v) is 32.3. The average molecular weight is 730 g/mol. The number of nitrogens with zero attached hydrogens (tertiary/aromatic N) is 1. The molecule has 0 N–H and O–H groups in total. The molecule has 0 radical (unpaired) electrons. The Labute approximate surface area is 336 Å². The van der Waals surface area contributed by atoms with E-state index in [2.05, 4.69) is 243 Å². The average Bonchev–Trinajstić information content (AvgIpc) is 3.51. The van der Waals surface area contributed by atoms with Crippen LogP contribution in [0.25, 0.3) is 33.0 Å². The Morgan fingerprint density at radius 1 is 0.333 bits per heavy atom. The van der Waals surface area contributed by atoms with Gasteiger partial charge in [0.2, 0.25) is 0 Å². The molecular formula is C56H43N. The van der Waals surface area contributed by atoms with E-state index in [-0.39, 0.29) is 5.41 Å². The highest BCUT2D eigenvalue weighted by Gasteiger charge is 2.42. The Bertz CT molecular complexity index is 2800. The summed E-state index contributed by atoms with van der Waals surface area (Å²) in [7, 11) is 0. The van der Waals surface area contributed by atoms with Gasteiger partial charge in [-0.15, -0.1) is 0 Å². The van der Waals surface area contributed by atoms with Crippen molar-refractivity contribution >= 4 is 27.8 Å². The van der Waals surface area contributed by atoms with Crippen molar-refractivity contribution in [2.24, 2.45) is 0 Å². The maximum absolute atomic E-state index is 2.50. The maximum atomic E-state index is 2.50. The predicted molar refractivity (Wildman–Crippen MR) is 240 cm³/mol. The molecule has 1 aliphatic rings. The van der Waals surface area contributed by atoms with Gasteiger partial charge in [-0.25, -0.2) is 0 Å². The summed E-state index contributed by atoms with van der Waals surface area (Å²) in [5.74, 6) is 0. The zero-order chi connectivity index (χ0) is 38.4. The molecule has 0 bridgehead atoms. The molecule has 0 saturated carbocycles. The number of rotatable bonds is 8. The molecule has 1 aliphatic carbocycles. The Hall–Kier alpha value is -6.96. The largest absolute Gasteiger partial charge is 0.311 e. The van der Waals surface area contributed by atoms with Gasteiger partial charge in [-0.1, -0.05) is 196 Å². The quantitative estimate of drug-likeness (QED) is 0.141. The van der Waals surface area contributed by atoms with Crippen molar-refractivity contribution in [1.82, 2.24) is 0 Å². The van der Waals surface area contributed by atoms with Gasteiger partial charge in [0.25, 0.3) is 0 Å². The number of benzene rings is 9. The van der Waals surface area contributed by atoms with Crippen molar-refractivity contribution in [3.63, 3.8) is 0 Å². The van der Waals surface area contributed by atoms with Crippen molar-refractivity contribution in [2.75, 3.05) is 4.90 Å². The van der Waals surface area contributed by atoms with Crippen LogP contribution in [0.15, 0.2) is 224 Å². The first-order chi connectivity index (χ1) is 28.0. The summed E-state index contributed by atoms with van der Waals surface area (Å²) in [5.41, 5.74) is 15.4. The number of fused-ring (bicyclic) bond motifs is 4. The molecule has 272 valence electrons. The summed E-state index contributed by atoms with van der Waals surface area (Å²) in [4.78, 5) is 2.36. The predicted octanol–water partition coefficient (Wildman–Crippen LogP) is 14.7. The second-order valence-electron chi connectivity index (χ2n) is 15.7. The topological polar surface area (TPSA) is 3.24 Å². The van der Waals surface area contributed by atoms with Crippen molar-refractivity contribution in [2.45, 2.75) is 24.7 Å². The minimum Gasteiger partial charge on any atom is -0.311 e. The molecule has 0 spiro atoms. The van der Waals surface area contributed by atoms with Gasteiger partial charge in [0.1, 0.15) is 0 Å². The molecule has 10 rings (SSSR count). The first-order valence-corrected chi connectivity index (χ1v) is 19.9. The van der Waals surface area contributed by atoms with Gasteiger partial charge in [0.05, 0.1) is 5.41 Å². The Morgan fingerprint density at radius 2 is 0.807 bits per heavy atom. The minimum atomic E-state index is -0.569. The van der Waals surface area contributed by atoms with Crippen LogP contribution in [-0.2, 0) is 10.8 Å². The highest BCUT2D eigenvalue weighted by Crippen LogP contribution is 2.52. The van der Waals surface area contributed by atoms with E-state index in [0.717, 1.165) is 17.1 Å². The third-order valence-electron chi connectivity index (χ3n) is 12.2. The van der Waals surface area contributed by atoms with Crippen molar-refractivity contribution in [3.05, 3.63) is 258 Å². The van der Waals surface area contributed by atoms with Crippen LogP contribution in [0.1, 0.15) is 47.2 Å². The van der Waals surface area contributed by atoms with E-state index in [1.165, 1.54) is 66.4 Å². The summed E-state index contributed by atoms with van der Waals surface area (Å²) in [5, 5.41) is 2.51. The molecular weight excluding hydrogens is 687 g/mol. The molecule has 0 saturated heterocycles. The van der Waals surface area contributed by atoms with E-state index >= 15 is 0 Å². The maximum Gasteiger partial charge on any atom is 0.0701 e. The van der Waals surface area contributed by atoms with Crippen molar-refractivity contribution < 1.29 is 0 Å². The first kappa shape index (κ1) is 34.5. The molecule has 0 fully saturated rings. The molecule has 9 aromatic rings. The SMILES string of the molecule is CC1(C)c2ccccc2-c2ccc(C(c3ccccc3)(c3ccccc3)c3ccc(N(c4ccccc4)c4ccc(-c5ccc6ccccc6c5)cc4)cc3)cc21. The van der Waals surface area contributed by atoms with E-state index in [0.29, 0.717) is 0 Å². The second-order valence-corrected chi connectivity index (χ2v) is 15.7. The summed E-state index contributed by atoms with van der Waals surface area (Å²) in [6.07, 6.45) is 0. The monoisotopic (exact) mass is 729 g/mol. The molecule has 57 heavy (non-hydrogen) atoms. The fraction of sp³-hybridized carbons (Fsp3) is 0.0714. The van der Waals surface area contributed by atoms with Gasteiger partial charge in [-0.3, -0.25) is 0 Å². The molecule has 1 heteroatoms. The number of hydrogen-bond donors (Lipinski definition) is 0. The van der Waals surface area contributed by atoms with Crippen LogP contribution in [0, 0.1) is 0 Å². The van der Waals surface area contributed by atoms with Crippen LogP contribution in [-0.4, -0.2) is 0 Å². The lowest BCUT2D eigenvalue weighted by Gasteiger charge is -2.38. The van der Waals surface area contributed by atoms with Gasteiger partial charge in [-0.05, 0) is 109 Å². The standard InChI is InChI=1S/C56H43N/c1-55(2)53-25-15-14-24-51(53)52-37-32-47(39-54(52)55)56(44-18-6-3-7-19-44,45-20-8-4-9-21-45)46-30-35-50(36-31-46)57(48-22-10-5-11-23-48)49-33-28-41(29-34-49)43-27-26-40-16-12-13-17-42(40)38-43/h3-39H,1-2H3. The summed E-state index contributed by atoms with van der Waals surface area (Å²) < 4.78 is 0. The highest BCUT2D eigenvalue weighted by atomic mass is 15.1. The molecule has 0 heterocycles. The van der Waals surface area contributed by atoms with Gasteiger partial charge in [-0.2, -0.15) is 0 Å². The fourth-order valence-corrected chi connectivity index (χ4v) is 9.37. The van der Waals surface area contributed by atoms with E-state index in [9.17, 15) is 0 Å². The lowest BCUT2D eigenvalue weighted by atomic mass is 9.64. The number of anilines is 3. The smallest absolute Gasteiger partial charge is 0.0701 e. The number of hydrogen-bond acceptors (Lipinski definition) is 1. The molecule has 1 nitrogen and oxygen atoms in total. The summed E-state index contributed by atoms with van der Waals surface area (Å²) in [6.45, 7) is 4.74. The van der Waals surface area contributed by atoms with E-state index in [1.54, 1.807) is 0 Å². The van der Waals surface area contributed by atoms with Gasteiger partial charge >= 0.3 is 0 Å². The lowest BCUT2D eigenvalue weighted by Crippen LogP contribution is -2.31. The van der Waals surface area contributed by atoms with E-state index < -0.39 is 5.41 Å². The molecule has 0 aromatic heterocycles. The van der Waals surface area contributed by atoms with Gasteiger partial charge in [0.15, 0.2) is 0 Å². The molecule has 0 aliphatic heterocycles. The third kappa shape index (κ3) is 5.78. The van der Waals surface area contributed by atoms with Crippen LogP contribution < -0.4 is 4.90 Å². The van der Waals surface area contributed by atoms with E-state index in [1.807, 2.05) is 0 Å². The van der Waals surface area contributed by atoms with Gasteiger partial charge in [0, 0.05) is 22.5 Å². The van der Waals surface area contributed by atoms with E-state index in [4.69, 9.17) is 0 Å². The normalized spacial score (nSPS) is 12.9. The summed E-state index contributed by atoms with van der Waals surface area (Å²) in [6, 6.07) is 82.5. The fourth-order valence-electron chi connectivity index (χ4n) is 9.37. The van der Waals surface area contributed by atoms with Gasteiger partial charge < -0.3 is 4.90 Å². The molecule has 0 amide bonds. The van der Waals surface area contributed by atoms with Crippen LogP contribution in [0.5, 0.6) is 0 Å². The summed E-state index contributed by atoms with van der Waals surface area (Å²) >= 11 is 0. The second kappa shape index (κ2) is 14.0. The Morgan fingerprint density at radius 3 is 1.47 bits per heavy atom. The Kier molecular flexibility index (Phi) is 8.46. The first-order valence-electron chi connectivity index (χ1n) is 19.9. The van der Waals surface area contributed by atoms with Crippen LogP contribution in [0.4, 0.5) is 17.1 Å². The van der Waals surface area contributed by atoms with Crippen LogP contribution >= 0.6 is 0 Å². The molecule has 0 atom stereocenters.